The number of methoxy groups -OCH3 is 1. The predicted molar refractivity (Wildman–Crippen MR) is 136 cm³/mol. The van der Waals surface area contributed by atoms with Gasteiger partial charge in [-0.3, -0.25) is 4.79 Å². The van der Waals surface area contributed by atoms with Gasteiger partial charge in [-0.25, -0.2) is 9.82 Å². The first-order valence-electron chi connectivity index (χ1n) is 11.0. The molecule has 0 aliphatic carbocycles. The van der Waals surface area contributed by atoms with Crippen molar-refractivity contribution in [2.75, 3.05) is 7.11 Å². The zero-order chi connectivity index (χ0) is 27.1. The van der Waals surface area contributed by atoms with E-state index >= 15 is 0 Å². The first kappa shape index (κ1) is 26.2. The quantitative estimate of drug-likeness (QED) is 0.180. The molecule has 13 heteroatoms. The van der Waals surface area contributed by atoms with Crippen LogP contribution in [0.4, 0.5) is 10.3 Å². The number of nitro groups is 1. The van der Waals surface area contributed by atoms with Crippen LogP contribution in [0.15, 0.2) is 72.1 Å². The topological polar surface area (TPSA) is 134 Å². The van der Waals surface area contributed by atoms with Gasteiger partial charge in [-0.05, 0) is 65.1 Å². The van der Waals surface area contributed by atoms with E-state index in [9.17, 15) is 19.3 Å². The van der Waals surface area contributed by atoms with E-state index in [1.807, 2.05) is 0 Å². The van der Waals surface area contributed by atoms with Crippen LogP contribution in [-0.4, -0.2) is 38.9 Å². The van der Waals surface area contributed by atoms with Crippen LogP contribution in [0.2, 0.25) is 5.02 Å². The molecule has 0 spiro atoms. The third-order valence-corrected chi connectivity index (χ3v) is 5.62. The Morgan fingerprint density at radius 3 is 2.71 bits per heavy atom. The van der Waals surface area contributed by atoms with Crippen molar-refractivity contribution in [1.29, 1.82) is 0 Å². The number of carbonyl (C=O) groups is 1. The summed E-state index contributed by atoms with van der Waals surface area (Å²) in [5.41, 5.74) is 4.34. The molecule has 11 nitrogen and oxygen atoms in total. The first-order valence-corrected chi connectivity index (χ1v) is 11.4. The molecule has 0 unspecified atom stereocenters. The lowest BCUT2D eigenvalue weighted by Gasteiger charge is -2.09. The molecular weight excluding hydrogens is 519 g/mol. The second kappa shape index (κ2) is 11.9. The number of benzene rings is 3. The summed E-state index contributed by atoms with van der Waals surface area (Å²) in [7, 11) is 1.50. The molecule has 1 N–H and O–H groups in total. The van der Waals surface area contributed by atoms with E-state index in [1.54, 1.807) is 48.5 Å². The van der Waals surface area contributed by atoms with Gasteiger partial charge in [0.05, 0.1) is 24.9 Å². The van der Waals surface area contributed by atoms with Crippen molar-refractivity contribution in [3.63, 3.8) is 0 Å². The minimum absolute atomic E-state index is 0.0566. The van der Waals surface area contributed by atoms with Crippen molar-refractivity contribution >= 4 is 29.7 Å². The average molecular weight is 539 g/mol. The Labute approximate surface area is 220 Å². The normalized spacial score (nSPS) is 10.9. The Morgan fingerprint density at radius 2 is 2.03 bits per heavy atom. The van der Waals surface area contributed by atoms with Crippen LogP contribution in [0.5, 0.6) is 11.5 Å². The van der Waals surface area contributed by atoms with Crippen molar-refractivity contribution in [3.05, 3.63) is 110 Å². The fourth-order valence-electron chi connectivity index (χ4n) is 3.38. The molecule has 0 bridgehead atoms. The van der Waals surface area contributed by atoms with E-state index in [-0.39, 0.29) is 23.7 Å². The van der Waals surface area contributed by atoms with Gasteiger partial charge in [0.1, 0.15) is 23.9 Å². The summed E-state index contributed by atoms with van der Waals surface area (Å²) < 4.78 is 26.1. The molecular formula is C25H20ClFN6O5. The highest BCUT2D eigenvalue weighted by atomic mass is 35.5. The van der Waals surface area contributed by atoms with E-state index in [0.29, 0.717) is 28.2 Å². The summed E-state index contributed by atoms with van der Waals surface area (Å²) in [6.07, 6.45) is 2.70. The Bertz CT molecular complexity index is 1470. The van der Waals surface area contributed by atoms with Gasteiger partial charge in [-0.15, -0.1) is 0 Å². The number of hydrogen-bond donors (Lipinski definition) is 1. The monoisotopic (exact) mass is 538 g/mol. The SMILES string of the molecule is COc1ccc(/C=N\NC(=O)c2ccc(OCc3c(F)cccc3Cl)cc2)cc1Cn1cnc([N+](=O)[O-])n1. The standard InChI is InChI=1S/C25H20ClFN6O5/c1-37-23-10-5-16(11-18(23)13-32-15-28-25(31-32)33(35)36)12-29-30-24(34)17-6-8-19(9-7-17)38-14-20-21(26)3-2-4-22(20)27/h2-12,15H,13-14H2,1H3,(H,30,34)/b29-12-. The van der Waals surface area contributed by atoms with Gasteiger partial charge in [-0.1, -0.05) is 22.7 Å². The van der Waals surface area contributed by atoms with Crippen LogP contribution in [-0.2, 0) is 13.2 Å². The minimum Gasteiger partial charge on any atom is -0.496 e. The second-order valence-corrected chi connectivity index (χ2v) is 8.19. The summed E-state index contributed by atoms with van der Waals surface area (Å²) in [6, 6.07) is 15.8. The molecule has 38 heavy (non-hydrogen) atoms. The highest BCUT2D eigenvalue weighted by molar-refractivity contribution is 6.31. The maximum atomic E-state index is 13.9. The Morgan fingerprint density at radius 1 is 1.24 bits per heavy atom. The highest BCUT2D eigenvalue weighted by Crippen LogP contribution is 2.22. The Hall–Kier alpha value is -4.84. The molecule has 0 saturated heterocycles. The molecule has 3 aromatic carbocycles. The molecule has 1 amide bonds. The van der Waals surface area contributed by atoms with Crippen LogP contribution < -0.4 is 14.9 Å². The van der Waals surface area contributed by atoms with Gasteiger partial charge in [0.15, 0.2) is 0 Å². The van der Waals surface area contributed by atoms with Gasteiger partial charge in [0, 0.05) is 21.8 Å². The zero-order valence-corrected chi connectivity index (χ0v) is 20.6. The minimum atomic E-state index is -0.679. The molecule has 4 rings (SSSR count). The fourth-order valence-corrected chi connectivity index (χ4v) is 3.60. The molecule has 4 aromatic rings. The number of halogens is 2. The van der Waals surface area contributed by atoms with Crippen LogP contribution in [0.25, 0.3) is 0 Å². The van der Waals surface area contributed by atoms with E-state index < -0.39 is 22.6 Å². The molecule has 0 radical (unpaired) electrons. The number of hydrogen-bond acceptors (Lipinski definition) is 8. The Balaban J connectivity index is 1.36. The van der Waals surface area contributed by atoms with Crippen molar-refractivity contribution in [2.24, 2.45) is 5.10 Å². The van der Waals surface area contributed by atoms with Crippen LogP contribution >= 0.6 is 11.6 Å². The fraction of sp³-hybridized carbons (Fsp3) is 0.120. The van der Waals surface area contributed by atoms with Crippen molar-refractivity contribution in [2.45, 2.75) is 13.2 Å². The molecule has 194 valence electrons. The van der Waals surface area contributed by atoms with Gasteiger partial charge in [0.2, 0.25) is 6.33 Å². The number of ether oxygens (including phenoxy) is 2. The van der Waals surface area contributed by atoms with Crippen molar-refractivity contribution < 1.29 is 23.6 Å². The number of rotatable bonds is 10. The zero-order valence-electron chi connectivity index (χ0n) is 19.9. The number of amides is 1. The van der Waals surface area contributed by atoms with Gasteiger partial charge >= 0.3 is 5.95 Å². The van der Waals surface area contributed by atoms with E-state index in [4.69, 9.17) is 21.1 Å². The number of hydrazone groups is 1. The van der Waals surface area contributed by atoms with E-state index in [2.05, 4.69) is 20.6 Å². The largest absolute Gasteiger partial charge is 0.496 e. The number of carbonyl (C=O) groups excluding carboxylic acids is 1. The lowest BCUT2D eigenvalue weighted by Crippen LogP contribution is -2.17. The summed E-state index contributed by atoms with van der Waals surface area (Å²) in [6.45, 7) is 0.120. The van der Waals surface area contributed by atoms with Crippen LogP contribution in [0.3, 0.4) is 0 Å². The van der Waals surface area contributed by atoms with Crippen LogP contribution in [0, 0.1) is 15.9 Å². The molecule has 0 atom stereocenters. The smallest absolute Gasteiger partial charge is 0.490 e. The predicted octanol–water partition coefficient (Wildman–Crippen LogP) is 4.38. The maximum Gasteiger partial charge on any atom is 0.490 e. The summed E-state index contributed by atoms with van der Waals surface area (Å²) in [4.78, 5) is 26.2. The van der Waals surface area contributed by atoms with Gasteiger partial charge in [0.25, 0.3) is 5.91 Å². The molecule has 1 aromatic heterocycles. The van der Waals surface area contributed by atoms with E-state index in [1.165, 1.54) is 36.5 Å². The van der Waals surface area contributed by atoms with Crippen molar-refractivity contribution in [1.82, 2.24) is 20.2 Å². The van der Waals surface area contributed by atoms with Crippen LogP contribution in [0.1, 0.15) is 27.0 Å². The summed E-state index contributed by atoms with van der Waals surface area (Å²) >= 11 is 6.01. The molecule has 0 aliphatic rings. The average Bonchev–Trinajstić information content (AvgIpc) is 3.38. The third kappa shape index (κ3) is 6.48. The second-order valence-electron chi connectivity index (χ2n) is 7.78. The number of nitrogens with one attached hydrogen (secondary N) is 1. The number of aromatic nitrogens is 3. The molecule has 1 heterocycles. The summed E-state index contributed by atoms with van der Waals surface area (Å²) in [5.74, 6) is -0.429. The first-order chi connectivity index (χ1) is 18.3. The maximum absolute atomic E-state index is 13.9. The highest BCUT2D eigenvalue weighted by Gasteiger charge is 2.15. The third-order valence-electron chi connectivity index (χ3n) is 5.27. The Kier molecular flexibility index (Phi) is 8.23. The molecule has 0 aliphatic heterocycles. The van der Waals surface area contributed by atoms with Gasteiger partial charge in [-0.2, -0.15) is 9.78 Å². The lowest BCUT2D eigenvalue weighted by molar-refractivity contribution is -0.394. The van der Waals surface area contributed by atoms with Crippen molar-refractivity contribution in [3.8, 4) is 11.5 Å². The summed E-state index contributed by atoms with van der Waals surface area (Å²) in [5, 5.41) is 18.9. The lowest BCUT2D eigenvalue weighted by atomic mass is 10.1. The molecule has 0 saturated carbocycles. The van der Waals surface area contributed by atoms with Gasteiger partial charge < -0.3 is 19.6 Å². The molecule has 0 fully saturated rings. The number of nitrogens with zero attached hydrogens (tertiary/aromatic N) is 5. The van der Waals surface area contributed by atoms with E-state index in [0.717, 1.165) is 0 Å².